The summed E-state index contributed by atoms with van der Waals surface area (Å²) in [7, 11) is -2.82. The van der Waals surface area contributed by atoms with Crippen molar-refractivity contribution in [2.75, 3.05) is 18.8 Å². The molecule has 1 rings (SSSR count). The first-order chi connectivity index (χ1) is 6.52. The number of rotatable bonds is 4. The quantitative estimate of drug-likeness (QED) is 0.773. The molecule has 1 heterocycles. The van der Waals surface area contributed by atoms with Gasteiger partial charge in [-0.3, -0.25) is 0 Å². The van der Waals surface area contributed by atoms with Crippen molar-refractivity contribution in [1.82, 2.24) is 5.32 Å². The van der Waals surface area contributed by atoms with Crippen LogP contribution in [-0.4, -0.2) is 32.5 Å². The van der Waals surface area contributed by atoms with E-state index in [0.29, 0.717) is 11.7 Å². The molecule has 0 aromatic heterocycles. The molecule has 0 saturated carbocycles. The monoisotopic (exact) mass is 219 g/mol. The van der Waals surface area contributed by atoms with Crippen LogP contribution in [0.15, 0.2) is 0 Å². The molecule has 1 aliphatic heterocycles. The summed E-state index contributed by atoms with van der Waals surface area (Å²) >= 11 is 0. The first kappa shape index (κ1) is 12.0. The lowest BCUT2D eigenvalue weighted by Crippen LogP contribution is -2.29. The highest BCUT2D eigenvalue weighted by molar-refractivity contribution is 7.91. The number of nitrogens with one attached hydrogen (secondary N) is 1. The second-order valence-corrected chi connectivity index (χ2v) is 7.07. The first-order valence-corrected chi connectivity index (χ1v) is 7.16. The molecule has 1 saturated heterocycles. The summed E-state index contributed by atoms with van der Waals surface area (Å²) in [5, 5.41) is 3.07. The van der Waals surface area contributed by atoms with Gasteiger partial charge < -0.3 is 5.32 Å². The van der Waals surface area contributed by atoms with E-state index in [4.69, 9.17) is 0 Å². The van der Waals surface area contributed by atoms with E-state index < -0.39 is 9.84 Å². The van der Waals surface area contributed by atoms with Gasteiger partial charge in [0.15, 0.2) is 9.84 Å². The summed E-state index contributed by atoms with van der Waals surface area (Å²) in [5.41, 5.74) is 0. The van der Waals surface area contributed by atoms with Crippen LogP contribution in [0, 0.1) is 5.92 Å². The van der Waals surface area contributed by atoms with Gasteiger partial charge in [-0.05, 0) is 52.1 Å². The number of piperidine rings is 1. The molecule has 0 bridgehead atoms. The van der Waals surface area contributed by atoms with Gasteiger partial charge in [0.1, 0.15) is 0 Å². The van der Waals surface area contributed by atoms with Crippen molar-refractivity contribution in [3.63, 3.8) is 0 Å². The third kappa shape index (κ3) is 3.58. The summed E-state index contributed by atoms with van der Waals surface area (Å²) in [5.74, 6) is 0.986. The normalized spacial score (nSPS) is 20.2. The molecule has 0 amide bonds. The summed E-state index contributed by atoms with van der Waals surface area (Å²) in [4.78, 5) is 0. The molecular formula is C10H21NO2S. The maximum atomic E-state index is 11.6. The van der Waals surface area contributed by atoms with E-state index in [1.807, 2.05) is 0 Å². The average Bonchev–Trinajstić information content (AvgIpc) is 2.16. The Morgan fingerprint density at radius 2 is 1.86 bits per heavy atom. The van der Waals surface area contributed by atoms with Crippen molar-refractivity contribution >= 4 is 9.84 Å². The van der Waals surface area contributed by atoms with Gasteiger partial charge in [0.25, 0.3) is 0 Å². The van der Waals surface area contributed by atoms with Crippen LogP contribution in [0.1, 0.15) is 33.1 Å². The van der Waals surface area contributed by atoms with E-state index in [2.05, 4.69) is 5.32 Å². The highest BCUT2D eigenvalue weighted by atomic mass is 32.2. The second kappa shape index (κ2) is 5.12. The van der Waals surface area contributed by atoms with Gasteiger partial charge in [0.05, 0.1) is 11.0 Å². The maximum absolute atomic E-state index is 11.6. The van der Waals surface area contributed by atoms with Crippen LogP contribution in [0.25, 0.3) is 0 Å². The number of sulfone groups is 1. The molecule has 14 heavy (non-hydrogen) atoms. The lowest BCUT2D eigenvalue weighted by molar-refractivity contribution is 0.365. The molecule has 3 nitrogen and oxygen atoms in total. The fourth-order valence-electron chi connectivity index (χ4n) is 1.74. The van der Waals surface area contributed by atoms with Gasteiger partial charge in [-0.1, -0.05) is 0 Å². The zero-order valence-corrected chi connectivity index (χ0v) is 9.94. The molecule has 0 radical (unpaired) electrons. The largest absolute Gasteiger partial charge is 0.317 e. The Labute approximate surface area is 87.2 Å². The van der Waals surface area contributed by atoms with Gasteiger partial charge in [-0.2, -0.15) is 0 Å². The summed E-state index contributed by atoms with van der Waals surface area (Å²) < 4.78 is 23.1. The van der Waals surface area contributed by atoms with Crippen LogP contribution in [0.4, 0.5) is 0 Å². The molecule has 4 heteroatoms. The SMILES string of the molecule is CC(C)S(=O)(=O)CCC1CCNCC1. The predicted octanol–water partition coefficient (Wildman–Crippen LogP) is 1.20. The molecule has 1 aliphatic rings. The molecule has 0 aromatic rings. The smallest absolute Gasteiger partial charge is 0.152 e. The number of hydrogen-bond donors (Lipinski definition) is 1. The third-order valence-electron chi connectivity index (χ3n) is 2.99. The summed E-state index contributed by atoms with van der Waals surface area (Å²) in [6.07, 6.45) is 3.11. The van der Waals surface area contributed by atoms with Gasteiger partial charge in [0.2, 0.25) is 0 Å². The molecule has 0 aliphatic carbocycles. The van der Waals surface area contributed by atoms with Gasteiger partial charge in [0, 0.05) is 0 Å². The van der Waals surface area contributed by atoms with Crippen LogP contribution in [0.2, 0.25) is 0 Å². The first-order valence-electron chi connectivity index (χ1n) is 5.44. The van der Waals surface area contributed by atoms with Crippen molar-refractivity contribution in [1.29, 1.82) is 0 Å². The van der Waals surface area contributed by atoms with E-state index in [1.165, 1.54) is 0 Å². The Morgan fingerprint density at radius 3 is 2.36 bits per heavy atom. The lowest BCUT2D eigenvalue weighted by Gasteiger charge is -2.22. The minimum atomic E-state index is -2.82. The van der Waals surface area contributed by atoms with Crippen molar-refractivity contribution in [2.45, 2.75) is 38.4 Å². The van der Waals surface area contributed by atoms with Crippen LogP contribution >= 0.6 is 0 Å². The third-order valence-corrected chi connectivity index (χ3v) is 5.23. The Hall–Kier alpha value is -0.0900. The highest BCUT2D eigenvalue weighted by Crippen LogP contribution is 2.17. The Balaban J connectivity index is 2.32. The average molecular weight is 219 g/mol. The van der Waals surface area contributed by atoms with Crippen molar-refractivity contribution in [2.24, 2.45) is 5.92 Å². The fourth-order valence-corrected chi connectivity index (χ4v) is 2.87. The topological polar surface area (TPSA) is 46.2 Å². The second-order valence-electron chi connectivity index (χ2n) is 4.40. The van der Waals surface area contributed by atoms with E-state index >= 15 is 0 Å². The molecule has 1 fully saturated rings. The molecule has 0 atom stereocenters. The molecule has 0 unspecified atom stereocenters. The highest BCUT2D eigenvalue weighted by Gasteiger charge is 2.20. The van der Waals surface area contributed by atoms with Crippen molar-refractivity contribution < 1.29 is 8.42 Å². The van der Waals surface area contributed by atoms with Crippen LogP contribution in [0.3, 0.4) is 0 Å². The number of hydrogen-bond acceptors (Lipinski definition) is 3. The van der Waals surface area contributed by atoms with Crippen molar-refractivity contribution in [3.8, 4) is 0 Å². The molecular weight excluding hydrogens is 198 g/mol. The van der Waals surface area contributed by atoms with Crippen LogP contribution < -0.4 is 5.32 Å². The summed E-state index contributed by atoms with van der Waals surface area (Å²) in [6, 6.07) is 0. The molecule has 1 N–H and O–H groups in total. The van der Waals surface area contributed by atoms with E-state index in [0.717, 1.165) is 32.4 Å². The Bertz CT molecular complexity index is 253. The maximum Gasteiger partial charge on any atom is 0.152 e. The van der Waals surface area contributed by atoms with E-state index in [-0.39, 0.29) is 5.25 Å². The zero-order chi connectivity index (χ0) is 10.6. The van der Waals surface area contributed by atoms with Gasteiger partial charge in [-0.25, -0.2) is 8.42 Å². The summed E-state index contributed by atoms with van der Waals surface area (Å²) in [6.45, 7) is 5.62. The minimum Gasteiger partial charge on any atom is -0.317 e. The van der Waals surface area contributed by atoms with Gasteiger partial charge >= 0.3 is 0 Å². The van der Waals surface area contributed by atoms with Crippen LogP contribution in [0.5, 0.6) is 0 Å². The standard InChI is InChI=1S/C10H21NO2S/c1-9(2)14(12,13)8-5-10-3-6-11-7-4-10/h9-11H,3-8H2,1-2H3. The molecule has 0 spiro atoms. The van der Waals surface area contributed by atoms with Crippen LogP contribution in [-0.2, 0) is 9.84 Å². The molecule has 0 aromatic carbocycles. The fraction of sp³-hybridized carbons (Fsp3) is 1.00. The molecule has 84 valence electrons. The Kier molecular flexibility index (Phi) is 4.38. The minimum absolute atomic E-state index is 0.218. The Morgan fingerprint density at radius 1 is 1.29 bits per heavy atom. The lowest BCUT2D eigenvalue weighted by atomic mass is 9.96. The van der Waals surface area contributed by atoms with E-state index in [9.17, 15) is 8.42 Å². The zero-order valence-electron chi connectivity index (χ0n) is 9.12. The van der Waals surface area contributed by atoms with Crippen molar-refractivity contribution in [3.05, 3.63) is 0 Å². The predicted molar refractivity (Wildman–Crippen MR) is 59.1 cm³/mol. The van der Waals surface area contributed by atoms with Gasteiger partial charge in [-0.15, -0.1) is 0 Å². The van der Waals surface area contributed by atoms with E-state index in [1.54, 1.807) is 13.8 Å².